The van der Waals surface area contributed by atoms with Crippen LogP contribution in [0.25, 0.3) is 0 Å². The van der Waals surface area contributed by atoms with Gasteiger partial charge in [-0.05, 0) is 13.0 Å². The first kappa shape index (κ1) is 8.54. The molecule has 2 nitrogen and oxygen atoms in total. The van der Waals surface area contributed by atoms with Crippen LogP contribution in [0.15, 0.2) is 18.2 Å². The van der Waals surface area contributed by atoms with Crippen molar-refractivity contribution in [3.05, 3.63) is 29.6 Å². The summed E-state index contributed by atoms with van der Waals surface area (Å²) < 4.78 is 12.7. The van der Waals surface area contributed by atoms with E-state index in [4.69, 9.17) is 5.26 Å². The molecule has 0 saturated carbocycles. The molecule has 0 amide bonds. The van der Waals surface area contributed by atoms with Crippen molar-refractivity contribution in [3.8, 4) is 11.8 Å². The maximum Gasteiger partial charge on any atom is 0.165 e. The van der Waals surface area contributed by atoms with Gasteiger partial charge in [0, 0.05) is 5.56 Å². The summed E-state index contributed by atoms with van der Waals surface area (Å²) >= 11 is 0. The second-order valence-electron chi connectivity index (χ2n) is 2.53. The second kappa shape index (κ2) is 3.22. The fraction of sp³-hybridized carbons (Fsp3) is 0.222. The first-order valence-corrected chi connectivity index (χ1v) is 3.53. The average Bonchev–Trinajstić information content (AvgIpc) is 2.08. The number of nitriles is 1. The zero-order valence-electron chi connectivity index (χ0n) is 6.58. The van der Waals surface area contributed by atoms with Crippen LogP contribution >= 0.6 is 0 Å². The van der Waals surface area contributed by atoms with E-state index in [1.54, 1.807) is 6.92 Å². The van der Waals surface area contributed by atoms with E-state index in [0.29, 0.717) is 5.56 Å². The van der Waals surface area contributed by atoms with Gasteiger partial charge in [0.25, 0.3) is 0 Å². The van der Waals surface area contributed by atoms with Crippen LogP contribution in [0.1, 0.15) is 18.4 Å². The highest BCUT2D eigenvalue weighted by Crippen LogP contribution is 2.27. The van der Waals surface area contributed by atoms with Crippen LogP contribution in [0.4, 0.5) is 4.39 Å². The molecule has 0 fully saturated rings. The van der Waals surface area contributed by atoms with Gasteiger partial charge in [0.2, 0.25) is 0 Å². The molecule has 1 atom stereocenters. The Morgan fingerprint density at radius 3 is 2.83 bits per heavy atom. The van der Waals surface area contributed by atoms with E-state index in [-0.39, 0.29) is 0 Å². The molecule has 1 unspecified atom stereocenters. The number of hydrogen-bond donors (Lipinski definition) is 1. The van der Waals surface area contributed by atoms with Gasteiger partial charge in [0.15, 0.2) is 11.6 Å². The van der Waals surface area contributed by atoms with E-state index in [0.717, 1.165) is 6.07 Å². The van der Waals surface area contributed by atoms with Crippen LogP contribution in [-0.4, -0.2) is 5.11 Å². The van der Waals surface area contributed by atoms with Crippen LogP contribution in [0.5, 0.6) is 5.75 Å². The number of phenolic OH excluding ortho intramolecular Hbond substituents is 1. The Kier molecular flexibility index (Phi) is 2.29. The van der Waals surface area contributed by atoms with Crippen molar-refractivity contribution in [2.75, 3.05) is 0 Å². The summed E-state index contributed by atoms with van der Waals surface area (Å²) in [7, 11) is 0. The molecule has 1 aromatic rings. The zero-order chi connectivity index (χ0) is 9.14. The van der Waals surface area contributed by atoms with Crippen molar-refractivity contribution in [1.29, 1.82) is 5.26 Å². The molecule has 62 valence electrons. The van der Waals surface area contributed by atoms with Crippen molar-refractivity contribution < 1.29 is 9.50 Å². The Morgan fingerprint density at radius 2 is 2.25 bits per heavy atom. The van der Waals surface area contributed by atoms with Gasteiger partial charge in [-0.25, -0.2) is 4.39 Å². The molecule has 0 spiro atoms. The molecule has 0 saturated heterocycles. The first-order chi connectivity index (χ1) is 5.66. The van der Waals surface area contributed by atoms with Gasteiger partial charge >= 0.3 is 0 Å². The van der Waals surface area contributed by atoms with Gasteiger partial charge < -0.3 is 5.11 Å². The number of rotatable bonds is 1. The minimum absolute atomic E-state index is 0.331. The van der Waals surface area contributed by atoms with Crippen molar-refractivity contribution in [3.63, 3.8) is 0 Å². The number of phenols is 1. The van der Waals surface area contributed by atoms with E-state index < -0.39 is 17.5 Å². The fourth-order valence-corrected chi connectivity index (χ4v) is 0.951. The van der Waals surface area contributed by atoms with Crippen molar-refractivity contribution >= 4 is 0 Å². The van der Waals surface area contributed by atoms with Crippen molar-refractivity contribution in [2.45, 2.75) is 12.8 Å². The molecule has 0 radical (unpaired) electrons. The highest BCUT2D eigenvalue weighted by molar-refractivity contribution is 5.38. The number of para-hydroxylation sites is 1. The molecule has 0 aliphatic heterocycles. The first-order valence-electron chi connectivity index (χ1n) is 3.53. The summed E-state index contributed by atoms with van der Waals surface area (Å²) in [6, 6.07) is 6.08. The van der Waals surface area contributed by atoms with Crippen LogP contribution in [0.3, 0.4) is 0 Å². The summed E-state index contributed by atoms with van der Waals surface area (Å²) in [5.41, 5.74) is 0.331. The minimum Gasteiger partial charge on any atom is -0.505 e. The van der Waals surface area contributed by atoms with Crippen LogP contribution in [0, 0.1) is 17.1 Å². The molecule has 1 rings (SSSR count). The van der Waals surface area contributed by atoms with Gasteiger partial charge in [0.05, 0.1) is 12.0 Å². The Labute approximate surface area is 69.9 Å². The largest absolute Gasteiger partial charge is 0.505 e. The third-order valence-electron chi connectivity index (χ3n) is 1.68. The van der Waals surface area contributed by atoms with E-state index in [9.17, 15) is 9.50 Å². The summed E-state index contributed by atoms with van der Waals surface area (Å²) in [4.78, 5) is 0. The molecular formula is C9H8FNO. The summed E-state index contributed by atoms with van der Waals surface area (Å²) in [5, 5.41) is 17.7. The van der Waals surface area contributed by atoms with Crippen molar-refractivity contribution in [2.24, 2.45) is 0 Å². The SMILES string of the molecule is CC(C#N)c1cccc(F)c1O. The van der Waals surface area contributed by atoms with E-state index in [1.165, 1.54) is 12.1 Å². The molecular weight excluding hydrogens is 157 g/mol. The van der Waals surface area contributed by atoms with Gasteiger partial charge in [-0.15, -0.1) is 0 Å². The summed E-state index contributed by atoms with van der Waals surface area (Å²) in [6.07, 6.45) is 0. The maximum atomic E-state index is 12.7. The predicted octanol–water partition coefficient (Wildman–Crippen LogP) is 2.16. The van der Waals surface area contributed by atoms with E-state index >= 15 is 0 Å². The van der Waals surface area contributed by atoms with E-state index in [2.05, 4.69) is 0 Å². The minimum atomic E-state index is -0.686. The quantitative estimate of drug-likeness (QED) is 0.692. The van der Waals surface area contributed by atoms with Crippen LogP contribution in [-0.2, 0) is 0 Å². The lowest BCUT2D eigenvalue weighted by Crippen LogP contribution is -1.91. The molecule has 0 aliphatic carbocycles. The topological polar surface area (TPSA) is 44.0 Å². The van der Waals surface area contributed by atoms with Gasteiger partial charge in [-0.1, -0.05) is 12.1 Å². The van der Waals surface area contributed by atoms with Gasteiger partial charge in [-0.2, -0.15) is 5.26 Å². The van der Waals surface area contributed by atoms with Crippen molar-refractivity contribution in [1.82, 2.24) is 0 Å². The molecule has 1 N–H and O–H groups in total. The molecule has 12 heavy (non-hydrogen) atoms. The Hall–Kier alpha value is -1.56. The second-order valence-corrected chi connectivity index (χ2v) is 2.53. The number of nitrogens with zero attached hydrogens (tertiary/aromatic N) is 1. The third kappa shape index (κ3) is 1.37. The lowest BCUT2D eigenvalue weighted by atomic mass is 10.0. The Balaban J connectivity index is 3.18. The molecule has 0 bridgehead atoms. The van der Waals surface area contributed by atoms with Crippen LogP contribution in [0.2, 0.25) is 0 Å². The third-order valence-corrected chi connectivity index (χ3v) is 1.68. The maximum absolute atomic E-state index is 12.7. The lowest BCUT2D eigenvalue weighted by molar-refractivity contribution is 0.425. The average molecular weight is 165 g/mol. The number of aromatic hydroxyl groups is 1. The molecule has 0 heterocycles. The normalized spacial score (nSPS) is 12.1. The fourth-order valence-electron chi connectivity index (χ4n) is 0.951. The number of hydrogen-bond acceptors (Lipinski definition) is 2. The summed E-state index contributed by atoms with van der Waals surface area (Å²) in [5.74, 6) is -1.60. The highest BCUT2D eigenvalue weighted by Gasteiger charge is 2.11. The number of benzene rings is 1. The molecule has 3 heteroatoms. The molecule has 0 aromatic heterocycles. The number of halogens is 1. The zero-order valence-corrected chi connectivity index (χ0v) is 6.58. The monoisotopic (exact) mass is 165 g/mol. The standard InChI is InChI=1S/C9H8FNO/c1-6(5-11)7-3-2-4-8(10)9(7)12/h2-4,6,12H,1H3. The van der Waals surface area contributed by atoms with E-state index in [1.807, 2.05) is 6.07 Å². The van der Waals surface area contributed by atoms with Gasteiger partial charge in [-0.3, -0.25) is 0 Å². The summed E-state index contributed by atoms with van der Waals surface area (Å²) in [6.45, 7) is 1.61. The Morgan fingerprint density at radius 1 is 1.58 bits per heavy atom. The molecule has 1 aromatic carbocycles. The van der Waals surface area contributed by atoms with Crippen LogP contribution < -0.4 is 0 Å². The molecule has 0 aliphatic rings. The highest BCUT2D eigenvalue weighted by atomic mass is 19.1. The Bertz CT molecular complexity index is 330. The predicted molar refractivity (Wildman–Crippen MR) is 42.1 cm³/mol. The van der Waals surface area contributed by atoms with Gasteiger partial charge in [0.1, 0.15) is 0 Å². The lowest BCUT2D eigenvalue weighted by Gasteiger charge is -2.05. The smallest absolute Gasteiger partial charge is 0.165 e.